The lowest BCUT2D eigenvalue weighted by molar-refractivity contribution is 0.150. The van der Waals surface area contributed by atoms with Crippen LogP contribution in [-0.2, 0) is 6.42 Å². The Morgan fingerprint density at radius 2 is 1.95 bits per heavy atom. The molecule has 2 aliphatic rings. The third kappa shape index (κ3) is 4.55. The predicted octanol–water partition coefficient (Wildman–Crippen LogP) is 3.47. The summed E-state index contributed by atoms with van der Waals surface area (Å²) in [5.41, 5.74) is 1.49. The minimum atomic E-state index is 0.817. The second-order valence-corrected chi connectivity index (χ2v) is 6.85. The van der Waals surface area contributed by atoms with Gasteiger partial charge in [0.2, 0.25) is 0 Å². The minimum absolute atomic E-state index is 0.817. The first-order valence-corrected chi connectivity index (χ1v) is 8.91. The number of nitrogens with one attached hydrogen (secondary N) is 1. The van der Waals surface area contributed by atoms with Gasteiger partial charge in [-0.1, -0.05) is 30.3 Å². The number of likely N-dealkylation sites (tertiary alicyclic amines) is 1. The number of unbranched alkanes of at least 4 members (excludes halogenated alkanes) is 1. The van der Waals surface area contributed by atoms with Crippen molar-refractivity contribution < 1.29 is 0 Å². The van der Waals surface area contributed by atoms with E-state index in [-0.39, 0.29) is 0 Å². The third-order valence-corrected chi connectivity index (χ3v) is 5.24. The van der Waals surface area contributed by atoms with Crippen molar-refractivity contribution in [3.63, 3.8) is 0 Å². The predicted molar refractivity (Wildman–Crippen MR) is 89.6 cm³/mol. The van der Waals surface area contributed by atoms with Crippen LogP contribution < -0.4 is 5.32 Å². The normalized spacial score (nSPS) is 27.0. The van der Waals surface area contributed by atoms with Crippen LogP contribution in [0.2, 0.25) is 0 Å². The zero-order valence-electron chi connectivity index (χ0n) is 13.3. The molecular weight excluding hydrogens is 256 g/mol. The Morgan fingerprint density at radius 3 is 2.76 bits per heavy atom. The fraction of sp³-hybridized carbons (Fsp3) is 0.684. The fourth-order valence-electron chi connectivity index (χ4n) is 4.05. The van der Waals surface area contributed by atoms with Gasteiger partial charge in [0.25, 0.3) is 0 Å². The van der Waals surface area contributed by atoms with Crippen LogP contribution >= 0.6 is 0 Å². The van der Waals surface area contributed by atoms with Crippen LogP contribution in [0.25, 0.3) is 0 Å². The quantitative estimate of drug-likeness (QED) is 0.806. The van der Waals surface area contributed by atoms with E-state index in [1.165, 1.54) is 76.7 Å². The van der Waals surface area contributed by atoms with Gasteiger partial charge < -0.3 is 10.2 Å². The molecular formula is C19H30N2. The van der Waals surface area contributed by atoms with Crippen LogP contribution in [0, 0.1) is 5.92 Å². The molecule has 1 aromatic rings. The van der Waals surface area contributed by atoms with E-state index in [9.17, 15) is 0 Å². The maximum Gasteiger partial charge on any atom is 0.0108 e. The van der Waals surface area contributed by atoms with E-state index < -0.39 is 0 Å². The van der Waals surface area contributed by atoms with Crippen molar-refractivity contribution in [1.29, 1.82) is 0 Å². The third-order valence-electron chi connectivity index (χ3n) is 5.24. The lowest BCUT2D eigenvalue weighted by atomic mass is 9.89. The molecule has 2 unspecified atom stereocenters. The fourth-order valence-corrected chi connectivity index (χ4v) is 4.05. The van der Waals surface area contributed by atoms with Gasteiger partial charge in [-0.05, 0) is 76.1 Å². The zero-order valence-corrected chi connectivity index (χ0v) is 13.3. The molecule has 1 aromatic carbocycles. The number of rotatable bonds is 6. The zero-order chi connectivity index (χ0) is 14.3. The van der Waals surface area contributed by atoms with E-state index in [1.54, 1.807) is 0 Å². The van der Waals surface area contributed by atoms with Crippen molar-refractivity contribution >= 4 is 0 Å². The standard InChI is InChI=1S/C19H30N2/c1-2-8-17(9-3-1)10-4-5-14-21-15-7-11-18(16-21)19-12-6-13-20-19/h1-3,8-9,18-20H,4-7,10-16H2. The molecule has 2 nitrogen and oxygen atoms in total. The highest BCUT2D eigenvalue weighted by molar-refractivity contribution is 5.14. The minimum Gasteiger partial charge on any atom is -0.314 e. The average Bonchev–Trinajstić information content (AvgIpc) is 3.07. The SMILES string of the molecule is c1ccc(CCCCN2CCCC(C3CCCN3)C2)cc1. The molecule has 0 radical (unpaired) electrons. The highest BCUT2D eigenvalue weighted by Crippen LogP contribution is 2.24. The first-order valence-electron chi connectivity index (χ1n) is 8.91. The van der Waals surface area contributed by atoms with Crippen LogP contribution in [0.4, 0.5) is 0 Å². The van der Waals surface area contributed by atoms with E-state index in [0.29, 0.717) is 0 Å². The molecule has 0 aliphatic carbocycles. The molecule has 0 amide bonds. The van der Waals surface area contributed by atoms with Crippen LogP contribution in [0.3, 0.4) is 0 Å². The van der Waals surface area contributed by atoms with Gasteiger partial charge in [0.05, 0.1) is 0 Å². The van der Waals surface area contributed by atoms with Gasteiger partial charge in [-0.15, -0.1) is 0 Å². The van der Waals surface area contributed by atoms with E-state index in [4.69, 9.17) is 0 Å². The number of benzene rings is 1. The lowest BCUT2D eigenvalue weighted by Gasteiger charge is -2.35. The molecule has 2 heterocycles. The molecule has 0 saturated carbocycles. The number of hydrogen-bond acceptors (Lipinski definition) is 2. The highest BCUT2D eigenvalue weighted by Gasteiger charge is 2.28. The van der Waals surface area contributed by atoms with E-state index in [0.717, 1.165) is 12.0 Å². The molecule has 2 atom stereocenters. The Kier molecular flexibility index (Phi) is 5.70. The summed E-state index contributed by atoms with van der Waals surface area (Å²) in [5.74, 6) is 0.912. The molecule has 21 heavy (non-hydrogen) atoms. The van der Waals surface area contributed by atoms with Crippen LogP contribution in [-0.4, -0.2) is 37.1 Å². The molecule has 2 fully saturated rings. The summed E-state index contributed by atoms with van der Waals surface area (Å²) in [5, 5.41) is 3.71. The topological polar surface area (TPSA) is 15.3 Å². The Hall–Kier alpha value is -0.860. The van der Waals surface area contributed by atoms with Crippen molar-refractivity contribution in [3.8, 4) is 0 Å². The molecule has 2 saturated heterocycles. The highest BCUT2D eigenvalue weighted by atomic mass is 15.1. The first kappa shape index (κ1) is 15.1. The molecule has 3 rings (SSSR count). The second-order valence-electron chi connectivity index (χ2n) is 6.85. The number of hydrogen-bond donors (Lipinski definition) is 1. The van der Waals surface area contributed by atoms with Crippen LogP contribution in [0.1, 0.15) is 44.1 Å². The summed E-state index contributed by atoms with van der Waals surface area (Å²) in [6, 6.07) is 11.7. The lowest BCUT2D eigenvalue weighted by Crippen LogP contribution is -2.43. The van der Waals surface area contributed by atoms with E-state index >= 15 is 0 Å². The van der Waals surface area contributed by atoms with Crippen molar-refractivity contribution in [1.82, 2.24) is 10.2 Å². The van der Waals surface area contributed by atoms with Crippen molar-refractivity contribution in [3.05, 3.63) is 35.9 Å². The van der Waals surface area contributed by atoms with E-state index in [1.807, 2.05) is 0 Å². The molecule has 2 heteroatoms. The summed E-state index contributed by atoms with van der Waals surface area (Å²) in [7, 11) is 0. The maximum absolute atomic E-state index is 3.71. The Balaban J connectivity index is 1.35. The molecule has 2 aliphatic heterocycles. The molecule has 1 N–H and O–H groups in total. The molecule has 0 spiro atoms. The van der Waals surface area contributed by atoms with Gasteiger partial charge >= 0.3 is 0 Å². The first-order chi connectivity index (χ1) is 10.4. The van der Waals surface area contributed by atoms with Crippen molar-refractivity contribution in [2.75, 3.05) is 26.2 Å². The van der Waals surface area contributed by atoms with Gasteiger partial charge in [0.1, 0.15) is 0 Å². The summed E-state index contributed by atoms with van der Waals surface area (Å²) < 4.78 is 0. The Labute approximate surface area is 129 Å². The maximum atomic E-state index is 3.71. The van der Waals surface area contributed by atoms with E-state index in [2.05, 4.69) is 40.5 Å². The summed E-state index contributed by atoms with van der Waals surface area (Å²) in [6.45, 7) is 5.21. The average molecular weight is 286 g/mol. The number of aryl methyl sites for hydroxylation is 1. The van der Waals surface area contributed by atoms with Gasteiger partial charge in [-0.2, -0.15) is 0 Å². The smallest absolute Gasteiger partial charge is 0.0108 e. The molecule has 0 bridgehead atoms. The summed E-state index contributed by atoms with van der Waals surface area (Å²) in [6.07, 6.45) is 9.55. The number of nitrogens with zero attached hydrogens (tertiary/aromatic N) is 1. The van der Waals surface area contributed by atoms with Gasteiger partial charge in [0, 0.05) is 12.6 Å². The molecule has 116 valence electrons. The largest absolute Gasteiger partial charge is 0.314 e. The Morgan fingerprint density at radius 1 is 1.05 bits per heavy atom. The van der Waals surface area contributed by atoms with Crippen LogP contribution in [0.5, 0.6) is 0 Å². The van der Waals surface area contributed by atoms with Gasteiger partial charge in [-0.25, -0.2) is 0 Å². The monoisotopic (exact) mass is 286 g/mol. The summed E-state index contributed by atoms with van der Waals surface area (Å²) >= 11 is 0. The molecule has 0 aromatic heterocycles. The van der Waals surface area contributed by atoms with Crippen molar-refractivity contribution in [2.45, 2.75) is 51.0 Å². The van der Waals surface area contributed by atoms with Gasteiger partial charge in [0.15, 0.2) is 0 Å². The van der Waals surface area contributed by atoms with Gasteiger partial charge in [-0.3, -0.25) is 0 Å². The summed E-state index contributed by atoms with van der Waals surface area (Å²) in [4.78, 5) is 2.72. The van der Waals surface area contributed by atoms with Crippen LogP contribution in [0.15, 0.2) is 30.3 Å². The second kappa shape index (κ2) is 7.95. The number of piperidine rings is 1. The van der Waals surface area contributed by atoms with Crippen molar-refractivity contribution in [2.24, 2.45) is 5.92 Å². The Bertz CT molecular complexity index is 397.